The van der Waals surface area contributed by atoms with Gasteiger partial charge in [0.1, 0.15) is 11.4 Å². The summed E-state index contributed by atoms with van der Waals surface area (Å²) >= 11 is 0. The smallest absolute Gasteiger partial charge is 0.410 e. The van der Waals surface area contributed by atoms with Gasteiger partial charge in [0.25, 0.3) is 0 Å². The molecule has 0 spiro atoms. The van der Waals surface area contributed by atoms with E-state index in [-0.39, 0.29) is 17.9 Å². The lowest BCUT2D eigenvalue weighted by molar-refractivity contribution is -0.120. The van der Waals surface area contributed by atoms with Crippen molar-refractivity contribution < 1.29 is 24.2 Å². The van der Waals surface area contributed by atoms with Gasteiger partial charge in [0.2, 0.25) is 0 Å². The van der Waals surface area contributed by atoms with Crippen LogP contribution in [0.25, 0.3) is 0 Å². The van der Waals surface area contributed by atoms with Crippen LogP contribution in [0.4, 0.5) is 4.79 Å². The van der Waals surface area contributed by atoms with Gasteiger partial charge in [0.05, 0.1) is 12.1 Å². The summed E-state index contributed by atoms with van der Waals surface area (Å²) in [7, 11) is 0. The van der Waals surface area contributed by atoms with E-state index in [0.717, 1.165) is 63.5 Å². The van der Waals surface area contributed by atoms with Gasteiger partial charge in [-0.3, -0.25) is 9.69 Å². The SMILES string of the molecule is Cc1cccc(O)c1C1CCC(OCCCCCCC2C(=O)CCN2C(=O)OC(C)(C)C)CC1. The summed E-state index contributed by atoms with van der Waals surface area (Å²) in [6.45, 7) is 8.87. The number of carbonyl (C=O) groups is 2. The lowest BCUT2D eigenvalue weighted by atomic mass is 9.80. The Balaban J connectivity index is 1.28. The summed E-state index contributed by atoms with van der Waals surface area (Å²) in [6, 6.07) is 5.46. The molecule has 190 valence electrons. The molecule has 6 nitrogen and oxygen atoms in total. The van der Waals surface area contributed by atoms with Crippen LogP contribution in [0.1, 0.15) is 102 Å². The van der Waals surface area contributed by atoms with E-state index < -0.39 is 5.60 Å². The average Bonchev–Trinajstić information content (AvgIpc) is 3.13. The highest BCUT2D eigenvalue weighted by Crippen LogP contribution is 2.39. The van der Waals surface area contributed by atoms with Crippen molar-refractivity contribution in [1.29, 1.82) is 0 Å². The van der Waals surface area contributed by atoms with Gasteiger partial charge in [-0.25, -0.2) is 4.79 Å². The van der Waals surface area contributed by atoms with Gasteiger partial charge in [-0.1, -0.05) is 31.4 Å². The number of likely N-dealkylation sites (tertiary alicyclic amines) is 1. The van der Waals surface area contributed by atoms with Gasteiger partial charge < -0.3 is 14.6 Å². The van der Waals surface area contributed by atoms with Gasteiger partial charge in [0.15, 0.2) is 5.78 Å². The van der Waals surface area contributed by atoms with E-state index in [0.29, 0.717) is 37.2 Å². The van der Waals surface area contributed by atoms with Crippen molar-refractivity contribution in [3.8, 4) is 5.75 Å². The first kappa shape index (κ1) is 26.5. The molecule has 1 aromatic carbocycles. The summed E-state index contributed by atoms with van der Waals surface area (Å²) in [4.78, 5) is 26.3. The third kappa shape index (κ3) is 7.46. The van der Waals surface area contributed by atoms with Crippen molar-refractivity contribution >= 4 is 11.9 Å². The Bertz CT molecular complexity index is 802. The molecular formula is C28H43NO5. The number of hydrogen-bond donors (Lipinski definition) is 1. The minimum Gasteiger partial charge on any atom is -0.508 e. The number of benzene rings is 1. The monoisotopic (exact) mass is 473 g/mol. The second-order valence-electron chi connectivity index (χ2n) is 11.0. The Morgan fingerprint density at radius 2 is 1.79 bits per heavy atom. The highest BCUT2D eigenvalue weighted by atomic mass is 16.6. The molecule has 1 aliphatic heterocycles. The molecule has 1 N–H and O–H groups in total. The number of phenols is 1. The van der Waals surface area contributed by atoms with E-state index in [1.807, 2.05) is 26.8 Å². The number of ether oxygens (including phenoxy) is 2. The van der Waals surface area contributed by atoms with Crippen LogP contribution in [-0.4, -0.2) is 52.8 Å². The molecule has 0 bridgehead atoms. The number of unbranched alkanes of at least 4 members (excludes halogenated alkanes) is 3. The third-order valence-corrected chi connectivity index (χ3v) is 7.08. The zero-order valence-electron chi connectivity index (χ0n) is 21.5. The molecule has 1 saturated heterocycles. The first-order chi connectivity index (χ1) is 16.2. The minimum absolute atomic E-state index is 0.156. The molecule has 34 heavy (non-hydrogen) atoms. The molecule has 1 saturated carbocycles. The number of carbonyl (C=O) groups excluding carboxylic acids is 2. The van der Waals surface area contributed by atoms with Crippen LogP contribution in [-0.2, 0) is 14.3 Å². The molecule has 1 amide bonds. The summed E-state index contributed by atoms with van der Waals surface area (Å²) in [5.74, 6) is 1.02. The molecule has 1 unspecified atom stereocenters. The Morgan fingerprint density at radius 3 is 2.47 bits per heavy atom. The Hall–Kier alpha value is -2.08. The minimum atomic E-state index is -0.547. The van der Waals surface area contributed by atoms with E-state index in [4.69, 9.17) is 9.47 Å². The fraction of sp³-hybridized carbons (Fsp3) is 0.714. The average molecular weight is 474 g/mol. The predicted octanol–water partition coefficient (Wildman–Crippen LogP) is 6.27. The van der Waals surface area contributed by atoms with Crippen LogP contribution in [0.2, 0.25) is 0 Å². The van der Waals surface area contributed by atoms with Gasteiger partial charge in [-0.05, 0) is 89.3 Å². The highest BCUT2D eigenvalue weighted by molar-refractivity contribution is 5.90. The molecule has 2 fully saturated rings. The molecule has 0 aromatic heterocycles. The number of phenolic OH excluding ortho intramolecular Hbond substituents is 1. The maximum Gasteiger partial charge on any atom is 0.410 e. The van der Waals surface area contributed by atoms with Crippen molar-refractivity contribution in [3.05, 3.63) is 29.3 Å². The Morgan fingerprint density at radius 1 is 1.09 bits per heavy atom. The van der Waals surface area contributed by atoms with Crippen molar-refractivity contribution in [2.45, 2.75) is 116 Å². The lowest BCUT2D eigenvalue weighted by Gasteiger charge is -2.30. The summed E-state index contributed by atoms with van der Waals surface area (Å²) in [6.07, 6.45) is 9.37. The van der Waals surface area contributed by atoms with Crippen LogP contribution in [0.3, 0.4) is 0 Å². The topological polar surface area (TPSA) is 76.1 Å². The van der Waals surface area contributed by atoms with E-state index >= 15 is 0 Å². The van der Waals surface area contributed by atoms with Crippen molar-refractivity contribution in [2.24, 2.45) is 0 Å². The predicted molar refractivity (Wildman–Crippen MR) is 133 cm³/mol. The van der Waals surface area contributed by atoms with Crippen LogP contribution in [0.15, 0.2) is 18.2 Å². The summed E-state index contributed by atoms with van der Waals surface area (Å²) in [5.41, 5.74) is 1.75. The largest absolute Gasteiger partial charge is 0.508 e. The van der Waals surface area contributed by atoms with E-state index in [9.17, 15) is 14.7 Å². The van der Waals surface area contributed by atoms with Crippen molar-refractivity contribution in [2.75, 3.05) is 13.2 Å². The van der Waals surface area contributed by atoms with Crippen molar-refractivity contribution in [3.63, 3.8) is 0 Å². The maximum absolute atomic E-state index is 12.4. The molecule has 3 rings (SSSR count). The van der Waals surface area contributed by atoms with E-state index in [1.54, 1.807) is 11.0 Å². The number of Topliss-reactive ketones (excluding diaryl/α,β-unsaturated/α-hetero) is 1. The van der Waals surface area contributed by atoms with Gasteiger partial charge in [0, 0.05) is 19.6 Å². The molecular weight excluding hydrogens is 430 g/mol. The van der Waals surface area contributed by atoms with Gasteiger partial charge in [-0.2, -0.15) is 0 Å². The Kier molecular flexibility index (Phi) is 9.40. The molecule has 1 atom stereocenters. The normalized spacial score (nSPS) is 23.4. The highest BCUT2D eigenvalue weighted by Gasteiger charge is 2.37. The number of amides is 1. The second-order valence-corrected chi connectivity index (χ2v) is 11.0. The zero-order chi connectivity index (χ0) is 24.7. The van der Waals surface area contributed by atoms with Crippen LogP contribution in [0, 0.1) is 6.92 Å². The quantitative estimate of drug-likeness (QED) is 0.428. The molecule has 2 aliphatic rings. The molecule has 1 aromatic rings. The summed E-state index contributed by atoms with van der Waals surface area (Å²) in [5, 5.41) is 10.2. The van der Waals surface area contributed by atoms with E-state index in [1.165, 1.54) is 5.56 Å². The number of aryl methyl sites for hydroxylation is 1. The number of aromatic hydroxyl groups is 1. The number of ketones is 1. The molecule has 0 radical (unpaired) electrons. The van der Waals surface area contributed by atoms with Crippen LogP contribution in [0.5, 0.6) is 5.75 Å². The maximum atomic E-state index is 12.4. The van der Waals surface area contributed by atoms with Crippen molar-refractivity contribution in [1.82, 2.24) is 4.90 Å². The van der Waals surface area contributed by atoms with Crippen LogP contribution < -0.4 is 0 Å². The fourth-order valence-corrected chi connectivity index (χ4v) is 5.34. The molecule has 6 heteroatoms. The standard InChI is InChI=1S/C28H43NO5/c1-20-10-9-12-25(31)26(20)21-13-15-22(16-14-21)33-19-8-6-5-7-11-23-24(30)17-18-29(23)27(32)34-28(2,3)4/h9-10,12,21-23,31H,5-8,11,13-19H2,1-4H3. The van der Waals surface area contributed by atoms with Gasteiger partial charge in [-0.15, -0.1) is 0 Å². The number of nitrogens with zero attached hydrogens (tertiary/aromatic N) is 1. The fourth-order valence-electron chi connectivity index (χ4n) is 5.34. The van der Waals surface area contributed by atoms with E-state index in [2.05, 4.69) is 13.0 Å². The Labute approximate surface area is 205 Å². The van der Waals surface area contributed by atoms with Crippen LogP contribution >= 0.6 is 0 Å². The van der Waals surface area contributed by atoms with Gasteiger partial charge >= 0.3 is 6.09 Å². The first-order valence-corrected chi connectivity index (χ1v) is 13.1. The summed E-state index contributed by atoms with van der Waals surface area (Å²) < 4.78 is 11.6. The third-order valence-electron chi connectivity index (χ3n) is 7.08. The number of hydrogen-bond acceptors (Lipinski definition) is 5. The first-order valence-electron chi connectivity index (χ1n) is 13.1. The molecule has 1 aliphatic carbocycles. The second kappa shape index (κ2) is 12.1. The molecule has 1 heterocycles. The number of rotatable bonds is 9. The zero-order valence-corrected chi connectivity index (χ0v) is 21.5. The lowest BCUT2D eigenvalue weighted by Crippen LogP contribution is -2.41.